The Bertz CT molecular complexity index is 673. The van der Waals surface area contributed by atoms with Gasteiger partial charge in [0.15, 0.2) is 6.29 Å². The first-order valence-electron chi connectivity index (χ1n) is 10.6. The zero-order valence-electron chi connectivity index (χ0n) is 18.0. The molecule has 1 fully saturated rings. The third-order valence-electron chi connectivity index (χ3n) is 5.16. The van der Waals surface area contributed by atoms with Gasteiger partial charge in [0.25, 0.3) is 0 Å². The first-order valence-corrected chi connectivity index (χ1v) is 14.3. The SMILES string of the molecule is C=CCCC1OC[C@H]([C@H]2C(OCC[Si](C)(C)C)=CCON2Cc2ccccc2)O1. The number of ether oxygens (including phenoxy) is 3. The van der Waals surface area contributed by atoms with E-state index in [-0.39, 0.29) is 18.4 Å². The maximum absolute atomic E-state index is 6.29. The van der Waals surface area contributed by atoms with Crippen LogP contribution in [-0.4, -0.2) is 51.4 Å². The van der Waals surface area contributed by atoms with Crippen LogP contribution in [0.1, 0.15) is 18.4 Å². The molecule has 160 valence electrons. The zero-order valence-corrected chi connectivity index (χ0v) is 19.0. The van der Waals surface area contributed by atoms with E-state index in [1.54, 1.807) is 0 Å². The standard InChI is InChI=1S/C23H35NO4Si/c1-5-6-12-22-26-18-21(28-22)23-20(25-15-16-29(2,3)4)13-14-27-24(23)17-19-10-8-7-9-11-19/h5,7-11,13,21-23H,1,6,12,14-18H2,2-4H3/t21-,22?,23-/m1/s1. The predicted octanol–water partition coefficient (Wildman–Crippen LogP) is 4.75. The van der Waals surface area contributed by atoms with Crippen molar-refractivity contribution >= 4 is 8.07 Å². The van der Waals surface area contributed by atoms with E-state index in [4.69, 9.17) is 19.0 Å². The fourth-order valence-electron chi connectivity index (χ4n) is 3.50. The predicted molar refractivity (Wildman–Crippen MR) is 118 cm³/mol. The summed E-state index contributed by atoms with van der Waals surface area (Å²) in [7, 11) is -1.16. The lowest BCUT2D eigenvalue weighted by Crippen LogP contribution is -2.48. The maximum Gasteiger partial charge on any atom is 0.158 e. The van der Waals surface area contributed by atoms with E-state index in [0.717, 1.165) is 31.3 Å². The van der Waals surface area contributed by atoms with E-state index in [0.29, 0.717) is 19.8 Å². The summed E-state index contributed by atoms with van der Waals surface area (Å²) in [5.41, 5.74) is 1.20. The van der Waals surface area contributed by atoms with Gasteiger partial charge in [-0.2, -0.15) is 5.06 Å². The zero-order chi connectivity index (χ0) is 20.7. The number of hydroxylamine groups is 2. The maximum atomic E-state index is 6.29. The molecule has 0 aliphatic carbocycles. The Labute approximate surface area is 176 Å². The van der Waals surface area contributed by atoms with E-state index in [1.807, 2.05) is 17.2 Å². The number of benzene rings is 1. The third-order valence-corrected chi connectivity index (χ3v) is 6.86. The number of hydrogen-bond donors (Lipinski definition) is 0. The van der Waals surface area contributed by atoms with Gasteiger partial charge in [0.05, 0.1) is 26.4 Å². The van der Waals surface area contributed by atoms with Crippen LogP contribution in [0, 0.1) is 0 Å². The molecule has 0 radical (unpaired) electrons. The van der Waals surface area contributed by atoms with E-state index < -0.39 is 8.07 Å². The van der Waals surface area contributed by atoms with Gasteiger partial charge in [-0.3, -0.25) is 4.84 Å². The molecule has 2 aliphatic rings. The van der Waals surface area contributed by atoms with Crippen molar-refractivity contribution in [2.45, 2.75) is 63.5 Å². The minimum Gasteiger partial charge on any atom is -0.497 e. The van der Waals surface area contributed by atoms with Gasteiger partial charge in [-0.15, -0.1) is 6.58 Å². The quantitative estimate of drug-likeness (QED) is 0.406. The van der Waals surface area contributed by atoms with Gasteiger partial charge in [-0.1, -0.05) is 56.0 Å². The molecule has 0 bridgehead atoms. The molecule has 1 saturated heterocycles. The van der Waals surface area contributed by atoms with Crippen molar-refractivity contribution in [2.75, 3.05) is 19.8 Å². The smallest absolute Gasteiger partial charge is 0.158 e. The normalized spacial score (nSPS) is 25.6. The number of hydrogen-bond acceptors (Lipinski definition) is 5. The summed E-state index contributed by atoms with van der Waals surface area (Å²) in [6.07, 6.45) is 5.34. The highest BCUT2D eigenvalue weighted by Gasteiger charge is 2.41. The summed E-state index contributed by atoms with van der Waals surface area (Å²) in [5.74, 6) is 0.948. The Kier molecular flexibility index (Phi) is 8.09. The fraction of sp³-hybridized carbons (Fsp3) is 0.565. The van der Waals surface area contributed by atoms with Gasteiger partial charge in [-0.05, 0) is 24.1 Å². The Morgan fingerprint density at radius 2 is 2.03 bits per heavy atom. The molecule has 2 heterocycles. The Morgan fingerprint density at radius 3 is 2.76 bits per heavy atom. The molecule has 1 aromatic rings. The number of allylic oxidation sites excluding steroid dienone is 1. The van der Waals surface area contributed by atoms with Gasteiger partial charge in [-0.25, -0.2) is 0 Å². The molecule has 1 aromatic carbocycles. The average Bonchev–Trinajstić information content (AvgIpc) is 3.15. The second kappa shape index (κ2) is 10.5. The van der Waals surface area contributed by atoms with Gasteiger partial charge in [0.1, 0.15) is 17.9 Å². The van der Waals surface area contributed by atoms with Crippen molar-refractivity contribution < 1.29 is 19.0 Å². The molecule has 0 spiro atoms. The second-order valence-electron chi connectivity index (χ2n) is 8.87. The fourth-order valence-corrected chi connectivity index (χ4v) is 4.21. The Morgan fingerprint density at radius 1 is 1.24 bits per heavy atom. The minimum atomic E-state index is -1.16. The van der Waals surface area contributed by atoms with Gasteiger partial charge in [0, 0.05) is 14.5 Å². The van der Waals surface area contributed by atoms with E-state index in [2.05, 4.69) is 56.6 Å². The first-order chi connectivity index (χ1) is 14.0. The van der Waals surface area contributed by atoms with Crippen molar-refractivity contribution in [1.29, 1.82) is 0 Å². The number of rotatable bonds is 10. The van der Waals surface area contributed by atoms with Crippen molar-refractivity contribution in [2.24, 2.45) is 0 Å². The van der Waals surface area contributed by atoms with E-state index >= 15 is 0 Å². The lowest BCUT2D eigenvalue weighted by molar-refractivity contribution is -0.217. The average molecular weight is 418 g/mol. The van der Waals surface area contributed by atoms with Crippen molar-refractivity contribution in [1.82, 2.24) is 5.06 Å². The van der Waals surface area contributed by atoms with Crippen molar-refractivity contribution in [3.8, 4) is 0 Å². The molecule has 0 amide bonds. The molecule has 0 N–H and O–H groups in total. The summed E-state index contributed by atoms with van der Waals surface area (Å²) < 4.78 is 18.4. The monoisotopic (exact) mass is 417 g/mol. The summed E-state index contributed by atoms with van der Waals surface area (Å²) in [6, 6.07) is 11.4. The highest BCUT2D eigenvalue weighted by atomic mass is 28.3. The molecular weight excluding hydrogens is 382 g/mol. The van der Waals surface area contributed by atoms with Crippen molar-refractivity contribution in [3.05, 3.63) is 60.4 Å². The largest absolute Gasteiger partial charge is 0.497 e. The topological polar surface area (TPSA) is 40.2 Å². The van der Waals surface area contributed by atoms with Crippen LogP contribution in [0.2, 0.25) is 25.7 Å². The van der Waals surface area contributed by atoms with E-state index in [1.165, 1.54) is 5.56 Å². The van der Waals surface area contributed by atoms with Crippen molar-refractivity contribution in [3.63, 3.8) is 0 Å². The van der Waals surface area contributed by atoms with Crippen LogP contribution < -0.4 is 0 Å². The Balaban J connectivity index is 1.71. The minimum absolute atomic E-state index is 0.112. The summed E-state index contributed by atoms with van der Waals surface area (Å²) in [5, 5.41) is 2.00. The van der Waals surface area contributed by atoms with Crippen LogP contribution >= 0.6 is 0 Å². The van der Waals surface area contributed by atoms with Crippen LogP contribution in [-0.2, 0) is 25.6 Å². The lowest BCUT2D eigenvalue weighted by atomic mass is 10.1. The highest BCUT2D eigenvalue weighted by Crippen LogP contribution is 2.30. The molecule has 5 nitrogen and oxygen atoms in total. The first kappa shape index (κ1) is 22.2. The van der Waals surface area contributed by atoms with Crippen LogP contribution in [0.25, 0.3) is 0 Å². The summed E-state index contributed by atoms with van der Waals surface area (Å²) in [6.45, 7) is 13.4. The summed E-state index contributed by atoms with van der Waals surface area (Å²) >= 11 is 0. The summed E-state index contributed by atoms with van der Waals surface area (Å²) in [4.78, 5) is 6.03. The lowest BCUT2D eigenvalue weighted by Gasteiger charge is -2.37. The highest BCUT2D eigenvalue weighted by molar-refractivity contribution is 6.76. The molecule has 1 unspecified atom stereocenters. The molecule has 0 aromatic heterocycles. The van der Waals surface area contributed by atoms with Crippen LogP contribution in [0.15, 0.2) is 54.8 Å². The molecule has 0 saturated carbocycles. The molecule has 29 heavy (non-hydrogen) atoms. The van der Waals surface area contributed by atoms with Gasteiger partial charge < -0.3 is 14.2 Å². The second-order valence-corrected chi connectivity index (χ2v) is 14.5. The van der Waals surface area contributed by atoms with E-state index in [9.17, 15) is 0 Å². The van der Waals surface area contributed by atoms with Crippen LogP contribution in [0.5, 0.6) is 0 Å². The number of nitrogens with zero attached hydrogens (tertiary/aromatic N) is 1. The molecular formula is C23H35NO4Si. The molecule has 3 atom stereocenters. The van der Waals surface area contributed by atoms with Gasteiger partial charge in [0.2, 0.25) is 0 Å². The van der Waals surface area contributed by atoms with Crippen LogP contribution in [0.3, 0.4) is 0 Å². The third kappa shape index (κ3) is 6.79. The molecule has 6 heteroatoms. The molecule has 3 rings (SSSR count). The molecule has 2 aliphatic heterocycles. The van der Waals surface area contributed by atoms with Crippen LogP contribution in [0.4, 0.5) is 0 Å². The van der Waals surface area contributed by atoms with Gasteiger partial charge >= 0.3 is 0 Å². The Hall–Kier alpha value is -1.44.